The number of Topliss-reactive ketones (excluding diaryl/α,β-unsaturated/α-hetero) is 1. The van der Waals surface area contributed by atoms with Gasteiger partial charge in [-0.2, -0.15) is 11.3 Å². The summed E-state index contributed by atoms with van der Waals surface area (Å²) in [6.45, 7) is 16.7. The third-order valence-corrected chi connectivity index (χ3v) is 6.93. The Hall–Kier alpha value is -1.02. The van der Waals surface area contributed by atoms with Gasteiger partial charge >= 0.3 is 5.97 Å². The Labute approximate surface area is 187 Å². The molecule has 0 saturated heterocycles. The van der Waals surface area contributed by atoms with E-state index in [2.05, 4.69) is 44.6 Å². The predicted octanol–water partition coefficient (Wildman–Crippen LogP) is 5.07. The zero-order valence-corrected chi connectivity index (χ0v) is 21.9. The normalized spacial score (nSPS) is 15.3. The fourth-order valence-electron chi connectivity index (χ4n) is 3.49. The molecule has 2 unspecified atom stereocenters. The first kappa shape index (κ1) is 27.0. The van der Waals surface area contributed by atoms with Crippen LogP contribution in [0.5, 0.6) is 0 Å². The number of carbonyl (C=O) groups excluding carboxylic acids is 2. The highest BCUT2D eigenvalue weighted by Crippen LogP contribution is 2.40. The second-order valence-electron chi connectivity index (χ2n) is 9.74. The zero-order chi connectivity index (χ0) is 23.1. The number of ketones is 1. The largest absolute Gasteiger partial charge is 0.466 e. The standard InChI is InChI=1S/C23H40O5SSi/c1-9-27-20(25)12-18(24)13-23(26,16(2)3)11-10-17-14-29-15-19(17)21(22(4,5)6)28-30(7)8/h14-16,21,26,30H,9-13H2,1-8H3. The van der Waals surface area contributed by atoms with E-state index in [1.165, 1.54) is 11.1 Å². The highest BCUT2D eigenvalue weighted by molar-refractivity contribution is 7.08. The lowest BCUT2D eigenvalue weighted by Gasteiger charge is -2.34. The Morgan fingerprint density at radius 2 is 1.83 bits per heavy atom. The summed E-state index contributed by atoms with van der Waals surface area (Å²) in [5.41, 5.74) is 1.18. The summed E-state index contributed by atoms with van der Waals surface area (Å²) in [5, 5.41) is 15.5. The fourth-order valence-corrected chi connectivity index (χ4v) is 5.50. The molecule has 1 heterocycles. The van der Waals surface area contributed by atoms with Crippen molar-refractivity contribution < 1.29 is 23.9 Å². The van der Waals surface area contributed by atoms with E-state index in [9.17, 15) is 14.7 Å². The van der Waals surface area contributed by atoms with E-state index in [1.54, 1.807) is 18.3 Å². The van der Waals surface area contributed by atoms with Crippen molar-refractivity contribution in [3.63, 3.8) is 0 Å². The third kappa shape index (κ3) is 8.25. The van der Waals surface area contributed by atoms with Gasteiger partial charge in [-0.3, -0.25) is 9.59 Å². The predicted molar refractivity (Wildman–Crippen MR) is 125 cm³/mol. The molecule has 0 fully saturated rings. The van der Waals surface area contributed by atoms with Crippen molar-refractivity contribution in [2.75, 3.05) is 6.61 Å². The van der Waals surface area contributed by atoms with Crippen LogP contribution in [0.2, 0.25) is 13.1 Å². The minimum Gasteiger partial charge on any atom is -0.466 e. The van der Waals surface area contributed by atoms with Crippen molar-refractivity contribution >= 4 is 32.1 Å². The van der Waals surface area contributed by atoms with Gasteiger partial charge < -0.3 is 14.3 Å². The Bertz CT molecular complexity index is 692. The highest BCUT2D eigenvalue weighted by Gasteiger charge is 2.35. The molecule has 0 aliphatic rings. The van der Waals surface area contributed by atoms with Crippen molar-refractivity contribution in [3.8, 4) is 0 Å². The first-order chi connectivity index (χ1) is 13.8. The van der Waals surface area contributed by atoms with Crippen molar-refractivity contribution in [2.24, 2.45) is 11.3 Å². The Morgan fingerprint density at radius 3 is 2.33 bits per heavy atom. The number of aryl methyl sites for hydroxylation is 1. The third-order valence-electron chi connectivity index (χ3n) is 5.31. The summed E-state index contributed by atoms with van der Waals surface area (Å²) < 4.78 is 11.2. The maximum atomic E-state index is 12.4. The number of ether oxygens (including phenoxy) is 1. The van der Waals surface area contributed by atoms with Crippen molar-refractivity contribution in [1.82, 2.24) is 0 Å². The quantitative estimate of drug-likeness (QED) is 0.270. The van der Waals surface area contributed by atoms with Gasteiger partial charge in [0.15, 0.2) is 9.04 Å². The van der Waals surface area contributed by atoms with Gasteiger partial charge in [-0.05, 0) is 66.1 Å². The number of rotatable bonds is 12. The van der Waals surface area contributed by atoms with Crippen LogP contribution in [0.3, 0.4) is 0 Å². The number of carbonyl (C=O) groups is 2. The molecule has 1 rings (SSSR count). The minimum atomic E-state index is -1.24. The van der Waals surface area contributed by atoms with E-state index in [4.69, 9.17) is 9.16 Å². The van der Waals surface area contributed by atoms with Crippen molar-refractivity contribution in [3.05, 3.63) is 21.9 Å². The SMILES string of the molecule is CCOC(=O)CC(=O)CC(O)(CCc1cscc1C(O[SiH](C)C)C(C)(C)C)C(C)C. The van der Waals surface area contributed by atoms with Crippen molar-refractivity contribution in [1.29, 1.82) is 0 Å². The fraction of sp³-hybridized carbons (Fsp3) is 0.739. The molecule has 30 heavy (non-hydrogen) atoms. The summed E-state index contributed by atoms with van der Waals surface area (Å²) >= 11 is 1.65. The Balaban J connectivity index is 2.95. The zero-order valence-electron chi connectivity index (χ0n) is 19.9. The van der Waals surface area contributed by atoms with E-state index < -0.39 is 20.6 Å². The molecule has 1 aromatic heterocycles. The number of hydrogen-bond donors (Lipinski definition) is 1. The molecule has 1 N–H and O–H groups in total. The molecule has 172 valence electrons. The van der Waals surface area contributed by atoms with Crippen LogP contribution in [0.1, 0.15) is 78.0 Å². The molecule has 0 radical (unpaired) electrons. The van der Waals surface area contributed by atoms with Crippen LogP contribution in [0.15, 0.2) is 10.8 Å². The van der Waals surface area contributed by atoms with E-state index >= 15 is 0 Å². The minimum absolute atomic E-state index is 0.0167. The molecule has 0 bridgehead atoms. The van der Waals surface area contributed by atoms with Crippen molar-refractivity contribution in [2.45, 2.75) is 92.0 Å². The second-order valence-corrected chi connectivity index (χ2v) is 12.9. The molecule has 5 nitrogen and oxygen atoms in total. The van der Waals surface area contributed by atoms with Gasteiger partial charge in [-0.15, -0.1) is 0 Å². The Morgan fingerprint density at radius 1 is 1.20 bits per heavy atom. The van der Waals surface area contributed by atoms with Gasteiger partial charge in [0.05, 0.1) is 18.3 Å². The summed E-state index contributed by atoms with van der Waals surface area (Å²) in [4.78, 5) is 24.0. The molecule has 0 aromatic carbocycles. The first-order valence-electron chi connectivity index (χ1n) is 10.9. The molecule has 1 aromatic rings. The van der Waals surface area contributed by atoms with Gasteiger partial charge in [0.1, 0.15) is 12.2 Å². The molecule has 0 spiro atoms. The van der Waals surface area contributed by atoms with Crippen LogP contribution in [0.25, 0.3) is 0 Å². The van der Waals surface area contributed by atoms with Crippen LogP contribution in [-0.2, 0) is 25.2 Å². The lowest BCUT2D eigenvalue weighted by molar-refractivity contribution is -0.146. The topological polar surface area (TPSA) is 72.8 Å². The lowest BCUT2D eigenvalue weighted by atomic mass is 9.79. The second kappa shape index (κ2) is 11.6. The van der Waals surface area contributed by atoms with E-state index in [0.717, 1.165) is 0 Å². The number of aliphatic hydroxyl groups is 1. The molecular formula is C23H40O5SSi. The van der Waals surface area contributed by atoms with Crippen LogP contribution < -0.4 is 0 Å². The number of esters is 1. The average Bonchev–Trinajstić information content (AvgIpc) is 3.04. The smallest absolute Gasteiger partial charge is 0.313 e. The molecule has 0 amide bonds. The van der Waals surface area contributed by atoms with Crippen LogP contribution in [-0.4, -0.2) is 38.1 Å². The summed E-state index contributed by atoms with van der Waals surface area (Å²) in [5.74, 6) is -0.919. The molecule has 0 aliphatic heterocycles. The summed E-state index contributed by atoms with van der Waals surface area (Å²) in [7, 11) is -1.24. The monoisotopic (exact) mass is 456 g/mol. The van der Waals surface area contributed by atoms with Gasteiger partial charge in [0, 0.05) is 6.42 Å². The van der Waals surface area contributed by atoms with Gasteiger partial charge in [-0.25, -0.2) is 0 Å². The lowest BCUT2D eigenvalue weighted by Crippen LogP contribution is -2.38. The first-order valence-corrected chi connectivity index (χ1v) is 14.6. The maximum absolute atomic E-state index is 12.4. The van der Waals surface area contributed by atoms with Gasteiger partial charge in [0.2, 0.25) is 0 Å². The number of thiophene rings is 1. The molecule has 0 saturated carbocycles. The van der Waals surface area contributed by atoms with E-state index in [1.807, 2.05) is 13.8 Å². The Kier molecular flexibility index (Phi) is 10.4. The molecule has 7 heteroatoms. The molecular weight excluding hydrogens is 416 g/mol. The molecule has 2 atom stereocenters. The van der Waals surface area contributed by atoms with Crippen LogP contribution in [0, 0.1) is 11.3 Å². The number of hydrogen-bond acceptors (Lipinski definition) is 6. The maximum Gasteiger partial charge on any atom is 0.313 e. The van der Waals surface area contributed by atoms with E-state index in [-0.39, 0.29) is 42.7 Å². The van der Waals surface area contributed by atoms with Crippen LogP contribution >= 0.6 is 11.3 Å². The summed E-state index contributed by atoms with van der Waals surface area (Å²) in [6, 6.07) is 0. The highest BCUT2D eigenvalue weighted by atomic mass is 32.1. The van der Waals surface area contributed by atoms with Gasteiger partial charge in [0.25, 0.3) is 0 Å². The molecule has 0 aliphatic carbocycles. The van der Waals surface area contributed by atoms with Gasteiger partial charge in [-0.1, -0.05) is 34.6 Å². The van der Waals surface area contributed by atoms with E-state index in [0.29, 0.717) is 12.8 Å². The average molecular weight is 457 g/mol. The van der Waals surface area contributed by atoms with Crippen LogP contribution in [0.4, 0.5) is 0 Å². The summed E-state index contributed by atoms with van der Waals surface area (Å²) in [6.07, 6.45) is 0.810.